The van der Waals surface area contributed by atoms with Crippen molar-refractivity contribution in [3.8, 4) is 0 Å². The van der Waals surface area contributed by atoms with Crippen LogP contribution >= 0.6 is 0 Å². The lowest BCUT2D eigenvalue weighted by atomic mass is 9.95. The van der Waals surface area contributed by atoms with E-state index in [2.05, 4.69) is 54.6 Å². The molecule has 0 spiro atoms. The van der Waals surface area contributed by atoms with Crippen LogP contribution < -0.4 is 0 Å². The largest absolute Gasteiger partial charge is 0.411 e. The first-order chi connectivity index (χ1) is 6.64. The van der Waals surface area contributed by atoms with Gasteiger partial charge in [0, 0.05) is 0 Å². The molecule has 0 radical (unpaired) electrons. The SMILES string of the molecule is CCC(CC)(CC)O[Si](C)(C)C(C)(C)C. The van der Waals surface area contributed by atoms with Gasteiger partial charge in [-0.15, -0.1) is 0 Å². The average molecular weight is 230 g/mol. The third kappa shape index (κ3) is 3.60. The molecule has 0 saturated heterocycles. The molecule has 0 aliphatic carbocycles. The highest BCUT2D eigenvalue weighted by molar-refractivity contribution is 6.74. The average Bonchev–Trinajstić information content (AvgIpc) is 2.12. The Morgan fingerprint density at radius 3 is 1.40 bits per heavy atom. The van der Waals surface area contributed by atoms with Crippen LogP contribution in [0.4, 0.5) is 0 Å². The van der Waals surface area contributed by atoms with Gasteiger partial charge in [-0.2, -0.15) is 0 Å². The van der Waals surface area contributed by atoms with E-state index in [1.165, 1.54) is 0 Å². The zero-order chi connectivity index (χ0) is 12.3. The molecule has 0 bridgehead atoms. The van der Waals surface area contributed by atoms with Crippen molar-refractivity contribution in [3.05, 3.63) is 0 Å². The summed E-state index contributed by atoms with van der Waals surface area (Å²) in [5, 5.41) is 0.317. The standard InChI is InChI=1S/C13H30OSi/c1-9-13(10-2,11-3)14-15(7,8)12(4,5)6/h9-11H2,1-8H3. The zero-order valence-electron chi connectivity index (χ0n) is 12.0. The van der Waals surface area contributed by atoms with Crippen molar-refractivity contribution in [2.45, 2.75) is 84.5 Å². The number of hydrogen-bond acceptors (Lipinski definition) is 1. The second-order valence-corrected chi connectivity index (χ2v) is 10.8. The first-order valence-corrected chi connectivity index (χ1v) is 9.25. The molecule has 0 N–H and O–H groups in total. The van der Waals surface area contributed by atoms with Crippen LogP contribution in [0.25, 0.3) is 0 Å². The number of hydrogen-bond donors (Lipinski definition) is 0. The van der Waals surface area contributed by atoms with Gasteiger partial charge in [-0.25, -0.2) is 0 Å². The molecule has 0 atom stereocenters. The van der Waals surface area contributed by atoms with Crippen molar-refractivity contribution in [1.82, 2.24) is 0 Å². The highest BCUT2D eigenvalue weighted by atomic mass is 28.4. The maximum atomic E-state index is 6.58. The molecule has 1 nitrogen and oxygen atoms in total. The third-order valence-corrected chi connectivity index (χ3v) is 8.77. The maximum Gasteiger partial charge on any atom is 0.192 e. The monoisotopic (exact) mass is 230 g/mol. The minimum atomic E-state index is -1.60. The van der Waals surface area contributed by atoms with Gasteiger partial charge in [-0.3, -0.25) is 0 Å². The van der Waals surface area contributed by atoms with Crippen LogP contribution in [-0.2, 0) is 4.43 Å². The normalized spacial score (nSPS) is 14.4. The first-order valence-electron chi connectivity index (χ1n) is 6.34. The Kier molecular flexibility index (Phi) is 5.06. The molecule has 92 valence electrons. The van der Waals surface area contributed by atoms with E-state index >= 15 is 0 Å². The zero-order valence-corrected chi connectivity index (χ0v) is 13.0. The Balaban J connectivity index is 4.82. The van der Waals surface area contributed by atoms with Gasteiger partial charge in [0.1, 0.15) is 0 Å². The molecule has 0 aromatic heterocycles. The van der Waals surface area contributed by atoms with Crippen molar-refractivity contribution in [1.29, 1.82) is 0 Å². The maximum absolute atomic E-state index is 6.58. The quantitative estimate of drug-likeness (QED) is 0.605. The van der Waals surface area contributed by atoms with E-state index in [4.69, 9.17) is 4.43 Å². The topological polar surface area (TPSA) is 9.23 Å². The molecule has 0 unspecified atom stereocenters. The fraction of sp³-hybridized carbons (Fsp3) is 1.00. The molecule has 15 heavy (non-hydrogen) atoms. The molecule has 0 aromatic carbocycles. The van der Waals surface area contributed by atoms with Crippen molar-refractivity contribution in [3.63, 3.8) is 0 Å². The summed E-state index contributed by atoms with van der Waals surface area (Å²) in [7, 11) is -1.60. The van der Waals surface area contributed by atoms with Crippen LogP contribution in [0.1, 0.15) is 60.8 Å². The Bertz CT molecular complexity index is 179. The van der Waals surface area contributed by atoms with E-state index < -0.39 is 8.32 Å². The lowest BCUT2D eigenvalue weighted by Gasteiger charge is -2.45. The molecule has 0 aliphatic heterocycles. The van der Waals surface area contributed by atoms with Gasteiger partial charge in [-0.05, 0) is 37.4 Å². The summed E-state index contributed by atoms with van der Waals surface area (Å²) in [6, 6.07) is 0. The Morgan fingerprint density at radius 2 is 1.20 bits per heavy atom. The van der Waals surface area contributed by atoms with Gasteiger partial charge < -0.3 is 4.43 Å². The minimum absolute atomic E-state index is 0.128. The summed E-state index contributed by atoms with van der Waals surface area (Å²) in [5.74, 6) is 0. The summed E-state index contributed by atoms with van der Waals surface area (Å²) in [6.45, 7) is 18.4. The molecule has 0 saturated carbocycles. The molecule has 0 rings (SSSR count). The van der Waals surface area contributed by atoms with E-state index in [-0.39, 0.29) is 5.60 Å². The molecule has 0 heterocycles. The molecule has 0 fully saturated rings. The Labute approximate surface area is 97.7 Å². The minimum Gasteiger partial charge on any atom is -0.411 e. The predicted molar refractivity (Wildman–Crippen MR) is 71.9 cm³/mol. The first kappa shape index (κ1) is 15.2. The van der Waals surface area contributed by atoms with Crippen molar-refractivity contribution < 1.29 is 4.43 Å². The number of rotatable bonds is 5. The van der Waals surface area contributed by atoms with Crippen molar-refractivity contribution in [2.24, 2.45) is 0 Å². The van der Waals surface area contributed by atoms with Crippen molar-refractivity contribution >= 4 is 8.32 Å². The Morgan fingerprint density at radius 1 is 0.867 bits per heavy atom. The summed E-state index contributed by atoms with van der Waals surface area (Å²) in [4.78, 5) is 0. The summed E-state index contributed by atoms with van der Waals surface area (Å²) < 4.78 is 6.58. The van der Waals surface area contributed by atoms with E-state index in [0.717, 1.165) is 19.3 Å². The second-order valence-electron chi connectivity index (χ2n) is 6.11. The molecule has 0 amide bonds. The van der Waals surface area contributed by atoms with Crippen LogP contribution in [-0.4, -0.2) is 13.9 Å². The molecular weight excluding hydrogens is 200 g/mol. The fourth-order valence-electron chi connectivity index (χ4n) is 1.66. The fourth-order valence-corrected chi connectivity index (χ4v) is 3.48. The molecular formula is C13H30OSi. The lowest BCUT2D eigenvalue weighted by molar-refractivity contribution is 0.0409. The molecule has 0 aromatic rings. The van der Waals surface area contributed by atoms with E-state index in [0.29, 0.717) is 5.04 Å². The third-order valence-electron chi connectivity index (χ3n) is 4.21. The lowest BCUT2D eigenvalue weighted by Crippen LogP contribution is -2.49. The second kappa shape index (κ2) is 5.01. The summed E-state index contributed by atoms with van der Waals surface area (Å²) >= 11 is 0. The highest BCUT2D eigenvalue weighted by Crippen LogP contribution is 2.41. The summed E-state index contributed by atoms with van der Waals surface area (Å²) in [6.07, 6.45) is 3.39. The van der Waals surface area contributed by atoms with Gasteiger partial charge >= 0.3 is 0 Å². The predicted octanol–water partition coefficient (Wildman–Crippen LogP) is 4.98. The van der Waals surface area contributed by atoms with E-state index in [1.54, 1.807) is 0 Å². The smallest absolute Gasteiger partial charge is 0.192 e. The molecule has 2 heteroatoms. The van der Waals surface area contributed by atoms with Crippen LogP contribution in [0, 0.1) is 0 Å². The van der Waals surface area contributed by atoms with E-state index in [9.17, 15) is 0 Å². The van der Waals surface area contributed by atoms with Gasteiger partial charge in [0.25, 0.3) is 0 Å². The van der Waals surface area contributed by atoms with Crippen molar-refractivity contribution in [2.75, 3.05) is 0 Å². The Hall–Kier alpha value is 0.177. The van der Waals surface area contributed by atoms with Gasteiger partial charge in [0.05, 0.1) is 5.60 Å². The van der Waals surface area contributed by atoms with Gasteiger partial charge in [-0.1, -0.05) is 41.5 Å². The van der Waals surface area contributed by atoms with Gasteiger partial charge in [0.15, 0.2) is 8.32 Å². The van der Waals surface area contributed by atoms with Crippen LogP contribution in [0.5, 0.6) is 0 Å². The van der Waals surface area contributed by atoms with Crippen LogP contribution in [0.15, 0.2) is 0 Å². The molecule has 0 aliphatic rings. The van der Waals surface area contributed by atoms with Crippen LogP contribution in [0.3, 0.4) is 0 Å². The van der Waals surface area contributed by atoms with Gasteiger partial charge in [0.2, 0.25) is 0 Å². The summed E-state index contributed by atoms with van der Waals surface area (Å²) in [5.41, 5.74) is 0.128. The highest BCUT2D eigenvalue weighted by Gasteiger charge is 2.42. The van der Waals surface area contributed by atoms with Crippen LogP contribution in [0.2, 0.25) is 18.1 Å². The van der Waals surface area contributed by atoms with E-state index in [1.807, 2.05) is 0 Å².